The van der Waals surface area contributed by atoms with Crippen molar-refractivity contribution in [3.63, 3.8) is 0 Å². The molecule has 0 radical (unpaired) electrons. The predicted molar refractivity (Wildman–Crippen MR) is 54.6 cm³/mol. The Morgan fingerprint density at radius 2 is 2.13 bits per heavy atom. The fourth-order valence-corrected chi connectivity index (χ4v) is 2.06. The molecule has 1 aromatic heterocycles. The Labute approximate surface area is 85.9 Å². The van der Waals surface area contributed by atoms with Gasteiger partial charge in [-0.25, -0.2) is 9.89 Å². The quantitative estimate of drug-likeness (QED) is 0.762. The summed E-state index contributed by atoms with van der Waals surface area (Å²) < 4.78 is 4.91. The van der Waals surface area contributed by atoms with Crippen LogP contribution in [0, 0.1) is 0 Å². The molecule has 4 nitrogen and oxygen atoms in total. The van der Waals surface area contributed by atoms with E-state index < -0.39 is 5.76 Å². The highest BCUT2D eigenvalue weighted by Gasteiger charge is 2.13. The van der Waals surface area contributed by atoms with Crippen LogP contribution in [0.15, 0.2) is 27.4 Å². The van der Waals surface area contributed by atoms with Crippen LogP contribution >= 0.6 is 0 Å². The summed E-state index contributed by atoms with van der Waals surface area (Å²) in [6.07, 6.45) is 3.47. The Morgan fingerprint density at radius 1 is 1.27 bits per heavy atom. The van der Waals surface area contributed by atoms with Crippen molar-refractivity contribution >= 4 is 0 Å². The van der Waals surface area contributed by atoms with Crippen LogP contribution < -0.4 is 5.76 Å². The van der Waals surface area contributed by atoms with Crippen LogP contribution in [0.25, 0.3) is 11.5 Å². The van der Waals surface area contributed by atoms with Gasteiger partial charge in [-0.1, -0.05) is 6.07 Å². The van der Waals surface area contributed by atoms with Gasteiger partial charge in [0, 0.05) is 5.56 Å². The van der Waals surface area contributed by atoms with E-state index in [0.717, 1.165) is 18.4 Å². The van der Waals surface area contributed by atoms with E-state index in [0.29, 0.717) is 5.89 Å². The minimum atomic E-state index is -0.509. The second-order valence-electron chi connectivity index (χ2n) is 3.76. The van der Waals surface area contributed by atoms with Gasteiger partial charge < -0.3 is 4.42 Å². The highest BCUT2D eigenvalue weighted by Crippen LogP contribution is 2.26. The number of fused-ring (bicyclic) bond motifs is 1. The molecule has 15 heavy (non-hydrogen) atoms. The topological polar surface area (TPSA) is 58.9 Å². The summed E-state index contributed by atoms with van der Waals surface area (Å²) >= 11 is 0. The molecule has 4 heteroatoms. The Bertz CT molecular complexity index is 554. The summed E-state index contributed by atoms with van der Waals surface area (Å²) in [5, 5.41) is 6.07. The van der Waals surface area contributed by atoms with Crippen LogP contribution in [-0.2, 0) is 12.8 Å². The number of benzene rings is 1. The number of aryl methyl sites for hydroxylation is 2. The molecule has 76 valence electrons. The highest BCUT2D eigenvalue weighted by molar-refractivity contribution is 5.56. The molecule has 0 amide bonds. The molecule has 1 aliphatic carbocycles. The van der Waals surface area contributed by atoms with Gasteiger partial charge in [-0.15, -0.1) is 5.10 Å². The summed E-state index contributed by atoms with van der Waals surface area (Å²) in [4.78, 5) is 10.8. The zero-order chi connectivity index (χ0) is 10.3. The molecule has 1 aliphatic rings. The lowest BCUT2D eigenvalue weighted by Gasteiger charge is -2.00. The summed E-state index contributed by atoms with van der Waals surface area (Å²) in [5.74, 6) is -0.139. The van der Waals surface area contributed by atoms with E-state index in [9.17, 15) is 4.79 Å². The number of hydrogen-bond acceptors (Lipinski definition) is 3. The Kier molecular flexibility index (Phi) is 1.74. The van der Waals surface area contributed by atoms with Gasteiger partial charge in [-0.3, -0.25) is 0 Å². The van der Waals surface area contributed by atoms with Crippen LogP contribution in [0.1, 0.15) is 17.5 Å². The van der Waals surface area contributed by atoms with E-state index in [1.165, 1.54) is 17.5 Å². The standard InChI is InChI=1S/C11H10N2O2/c14-11-13-12-10(15-11)9-5-4-7-2-1-3-8(7)6-9/h4-6H,1-3H2,(H,13,14). The zero-order valence-corrected chi connectivity index (χ0v) is 8.12. The minimum absolute atomic E-state index is 0.370. The van der Waals surface area contributed by atoms with Crippen LogP contribution in [0.2, 0.25) is 0 Å². The first-order valence-corrected chi connectivity index (χ1v) is 5.00. The van der Waals surface area contributed by atoms with E-state index in [1.807, 2.05) is 6.07 Å². The van der Waals surface area contributed by atoms with E-state index in [2.05, 4.69) is 22.3 Å². The molecule has 0 spiro atoms. The molecule has 0 aliphatic heterocycles. The van der Waals surface area contributed by atoms with Gasteiger partial charge in [-0.05, 0) is 42.5 Å². The Morgan fingerprint density at radius 3 is 2.93 bits per heavy atom. The first kappa shape index (κ1) is 8.47. The van der Waals surface area contributed by atoms with Crippen molar-refractivity contribution in [2.24, 2.45) is 0 Å². The van der Waals surface area contributed by atoms with E-state index in [-0.39, 0.29) is 0 Å². The number of H-pyrrole nitrogens is 1. The predicted octanol–water partition coefficient (Wildman–Crippen LogP) is 1.52. The van der Waals surface area contributed by atoms with Crippen LogP contribution in [0.4, 0.5) is 0 Å². The fourth-order valence-electron chi connectivity index (χ4n) is 2.06. The lowest BCUT2D eigenvalue weighted by atomic mass is 10.1. The lowest BCUT2D eigenvalue weighted by molar-refractivity contribution is 0.527. The van der Waals surface area contributed by atoms with Gasteiger partial charge in [0.2, 0.25) is 5.89 Å². The highest BCUT2D eigenvalue weighted by atomic mass is 16.4. The molecule has 0 unspecified atom stereocenters. The summed E-state index contributed by atoms with van der Waals surface area (Å²) in [6, 6.07) is 6.09. The maximum absolute atomic E-state index is 10.8. The normalized spacial score (nSPS) is 14.1. The maximum atomic E-state index is 10.8. The number of aromatic amines is 1. The van der Waals surface area contributed by atoms with E-state index >= 15 is 0 Å². The molecule has 3 rings (SSSR count). The molecule has 1 N–H and O–H groups in total. The van der Waals surface area contributed by atoms with Crippen molar-refractivity contribution in [2.45, 2.75) is 19.3 Å². The summed E-state index contributed by atoms with van der Waals surface area (Å²) in [5.41, 5.74) is 3.61. The smallest absolute Gasteiger partial charge is 0.388 e. The first-order valence-electron chi connectivity index (χ1n) is 5.00. The van der Waals surface area contributed by atoms with Gasteiger partial charge >= 0.3 is 5.76 Å². The molecule has 0 saturated carbocycles. The third kappa shape index (κ3) is 1.38. The largest absolute Gasteiger partial charge is 0.434 e. The van der Waals surface area contributed by atoms with Crippen LogP contribution in [0.5, 0.6) is 0 Å². The molecule has 0 atom stereocenters. The van der Waals surface area contributed by atoms with E-state index in [1.54, 1.807) is 0 Å². The molecular formula is C11H10N2O2. The lowest BCUT2D eigenvalue weighted by Crippen LogP contribution is -1.93. The monoisotopic (exact) mass is 202 g/mol. The number of aromatic nitrogens is 2. The third-order valence-corrected chi connectivity index (χ3v) is 2.78. The number of nitrogens with zero attached hydrogens (tertiary/aromatic N) is 1. The number of hydrogen-bond donors (Lipinski definition) is 1. The molecule has 0 bridgehead atoms. The van der Waals surface area contributed by atoms with Crippen molar-refractivity contribution in [3.8, 4) is 11.5 Å². The fraction of sp³-hybridized carbons (Fsp3) is 0.273. The van der Waals surface area contributed by atoms with Crippen LogP contribution in [0.3, 0.4) is 0 Å². The van der Waals surface area contributed by atoms with Gasteiger partial charge in [0.25, 0.3) is 0 Å². The SMILES string of the molecule is O=c1[nH]nc(-c2ccc3c(c2)CCC3)o1. The van der Waals surface area contributed by atoms with Crippen molar-refractivity contribution in [2.75, 3.05) is 0 Å². The maximum Gasteiger partial charge on any atom is 0.434 e. The van der Waals surface area contributed by atoms with Crippen molar-refractivity contribution < 1.29 is 4.42 Å². The second kappa shape index (κ2) is 3.08. The Hall–Kier alpha value is -1.84. The van der Waals surface area contributed by atoms with Gasteiger partial charge in [0.15, 0.2) is 0 Å². The van der Waals surface area contributed by atoms with Crippen molar-refractivity contribution in [1.82, 2.24) is 10.2 Å². The average molecular weight is 202 g/mol. The Balaban J connectivity index is 2.10. The van der Waals surface area contributed by atoms with Crippen LogP contribution in [-0.4, -0.2) is 10.2 Å². The third-order valence-electron chi connectivity index (χ3n) is 2.78. The van der Waals surface area contributed by atoms with Gasteiger partial charge in [0.1, 0.15) is 0 Å². The van der Waals surface area contributed by atoms with Crippen molar-refractivity contribution in [1.29, 1.82) is 0 Å². The average Bonchev–Trinajstić information content (AvgIpc) is 2.84. The molecule has 1 aromatic carbocycles. The summed E-state index contributed by atoms with van der Waals surface area (Å²) in [6.45, 7) is 0. The molecule has 0 saturated heterocycles. The summed E-state index contributed by atoms with van der Waals surface area (Å²) in [7, 11) is 0. The van der Waals surface area contributed by atoms with Gasteiger partial charge in [0.05, 0.1) is 0 Å². The second-order valence-corrected chi connectivity index (χ2v) is 3.76. The first-order chi connectivity index (χ1) is 7.33. The zero-order valence-electron chi connectivity index (χ0n) is 8.12. The molecule has 0 fully saturated rings. The minimum Gasteiger partial charge on any atom is -0.388 e. The van der Waals surface area contributed by atoms with Crippen molar-refractivity contribution in [3.05, 3.63) is 39.9 Å². The molecule has 1 heterocycles. The van der Waals surface area contributed by atoms with E-state index in [4.69, 9.17) is 4.42 Å². The van der Waals surface area contributed by atoms with Gasteiger partial charge in [-0.2, -0.15) is 0 Å². The molecule has 2 aromatic rings. The molecular weight excluding hydrogens is 192 g/mol. The number of rotatable bonds is 1. The number of nitrogens with one attached hydrogen (secondary N) is 1.